The minimum Gasteiger partial charge on any atom is -0.457 e. The van der Waals surface area contributed by atoms with Gasteiger partial charge in [-0.15, -0.1) is 0 Å². The Kier molecular flexibility index (Phi) is 3.99. The highest BCUT2D eigenvalue weighted by molar-refractivity contribution is 5.42. The van der Waals surface area contributed by atoms with Crippen LogP contribution in [0, 0.1) is 6.92 Å². The second kappa shape index (κ2) is 5.54. The summed E-state index contributed by atoms with van der Waals surface area (Å²) in [6.07, 6.45) is -4.54. The van der Waals surface area contributed by atoms with Gasteiger partial charge >= 0.3 is 6.18 Å². The fraction of sp³-hybridized carbons (Fsp3) is 0.200. The lowest BCUT2D eigenvalue weighted by atomic mass is 10.1. The fourth-order valence-corrected chi connectivity index (χ4v) is 1.72. The Morgan fingerprint density at radius 3 is 2.25 bits per heavy atom. The molecule has 0 amide bonds. The molecule has 0 aliphatic rings. The first-order valence-electron chi connectivity index (χ1n) is 5.95. The summed E-state index contributed by atoms with van der Waals surface area (Å²) in [6.45, 7) is 1.43. The summed E-state index contributed by atoms with van der Waals surface area (Å²) >= 11 is 0. The molecular weight excluding hydrogens is 269 g/mol. The SMILES string of the molecule is Cc1ccc(Oc2ccc(CO)cc2C(F)(F)F)cc1. The smallest absolute Gasteiger partial charge is 0.419 e. The highest BCUT2D eigenvalue weighted by Crippen LogP contribution is 2.38. The van der Waals surface area contributed by atoms with Crippen LogP contribution in [0.25, 0.3) is 0 Å². The summed E-state index contributed by atoms with van der Waals surface area (Å²) in [5.74, 6) is 0.0522. The van der Waals surface area contributed by atoms with E-state index in [4.69, 9.17) is 9.84 Å². The van der Waals surface area contributed by atoms with Crippen LogP contribution in [-0.2, 0) is 12.8 Å². The van der Waals surface area contributed by atoms with E-state index in [-0.39, 0.29) is 11.3 Å². The largest absolute Gasteiger partial charge is 0.457 e. The van der Waals surface area contributed by atoms with Gasteiger partial charge in [0.2, 0.25) is 0 Å². The van der Waals surface area contributed by atoms with Crippen molar-refractivity contribution in [2.45, 2.75) is 19.7 Å². The van der Waals surface area contributed by atoms with Crippen LogP contribution >= 0.6 is 0 Å². The van der Waals surface area contributed by atoms with Crippen molar-refractivity contribution in [3.8, 4) is 11.5 Å². The molecule has 0 aromatic heterocycles. The molecule has 0 aliphatic carbocycles. The Labute approximate surface area is 114 Å². The van der Waals surface area contributed by atoms with Crippen LogP contribution in [-0.4, -0.2) is 5.11 Å². The molecule has 2 aromatic rings. The fourth-order valence-electron chi connectivity index (χ4n) is 1.72. The van der Waals surface area contributed by atoms with Gasteiger partial charge in [-0.05, 0) is 36.8 Å². The predicted molar refractivity (Wildman–Crippen MR) is 68.6 cm³/mol. The second-order valence-corrected chi connectivity index (χ2v) is 4.40. The molecule has 0 spiro atoms. The maximum absolute atomic E-state index is 13.0. The summed E-state index contributed by atoms with van der Waals surface area (Å²) in [5, 5.41) is 8.93. The van der Waals surface area contributed by atoms with E-state index in [2.05, 4.69) is 0 Å². The van der Waals surface area contributed by atoms with E-state index in [9.17, 15) is 13.2 Å². The molecule has 0 unspecified atom stereocenters. The molecule has 0 saturated heterocycles. The molecule has 20 heavy (non-hydrogen) atoms. The summed E-state index contributed by atoms with van der Waals surface area (Å²) in [7, 11) is 0. The quantitative estimate of drug-likeness (QED) is 0.909. The van der Waals surface area contributed by atoms with E-state index in [1.807, 2.05) is 6.92 Å². The van der Waals surface area contributed by atoms with Gasteiger partial charge in [-0.3, -0.25) is 0 Å². The molecule has 2 rings (SSSR count). The molecule has 106 valence electrons. The average Bonchev–Trinajstić information content (AvgIpc) is 2.40. The van der Waals surface area contributed by atoms with Crippen LogP contribution in [0.4, 0.5) is 13.2 Å². The van der Waals surface area contributed by atoms with Gasteiger partial charge in [0.1, 0.15) is 11.5 Å². The number of aliphatic hydroxyl groups excluding tert-OH is 1. The third kappa shape index (κ3) is 3.30. The van der Waals surface area contributed by atoms with Crippen LogP contribution in [0.2, 0.25) is 0 Å². The van der Waals surface area contributed by atoms with Crippen LogP contribution in [0.1, 0.15) is 16.7 Å². The number of ether oxygens (including phenoxy) is 1. The maximum atomic E-state index is 13.0. The van der Waals surface area contributed by atoms with E-state index >= 15 is 0 Å². The van der Waals surface area contributed by atoms with Gasteiger partial charge in [-0.25, -0.2) is 0 Å². The highest BCUT2D eigenvalue weighted by Gasteiger charge is 2.34. The van der Waals surface area contributed by atoms with Crippen molar-refractivity contribution in [1.29, 1.82) is 0 Å². The lowest BCUT2D eigenvalue weighted by Crippen LogP contribution is -2.08. The second-order valence-electron chi connectivity index (χ2n) is 4.40. The third-order valence-corrected chi connectivity index (χ3v) is 2.78. The molecule has 2 nitrogen and oxygen atoms in total. The minimum absolute atomic E-state index is 0.189. The van der Waals surface area contributed by atoms with Gasteiger partial charge < -0.3 is 9.84 Å². The van der Waals surface area contributed by atoms with Gasteiger partial charge in [0.05, 0.1) is 12.2 Å². The zero-order valence-electron chi connectivity index (χ0n) is 10.7. The molecule has 1 N–H and O–H groups in total. The minimum atomic E-state index is -4.54. The summed E-state index contributed by atoms with van der Waals surface area (Å²) < 4.78 is 44.2. The molecular formula is C15H13F3O2. The Hall–Kier alpha value is -2.01. The number of aliphatic hydroxyl groups is 1. The van der Waals surface area contributed by atoms with Crippen LogP contribution < -0.4 is 4.74 Å². The molecule has 0 radical (unpaired) electrons. The Morgan fingerprint density at radius 2 is 1.70 bits per heavy atom. The lowest BCUT2D eigenvalue weighted by molar-refractivity contribution is -0.138. The molecule has 0 atom stereocenters. The summed E-state index contributed by atoms with van der Waals surface area (Å²) in [5.41, 5.74) is 0.280. The molecule has 0 saturated carbocycles. The Bertz CT molecular complexity index is 589. The van der Waals surface area contributed by atoms with Crippen LogP contribution in [0.5, 0.6) is 11.5 Å². The molecule has 2 aromatic carbocycles. The van der Waals surface area contributed by atoms with Crippen molar-refractivity contribution >= 4 is 0 Å². The van der Waals surface area contributed by atoms with Gasteiger partial charge in [0.15, 0.2) is 0 Å². The van der Waals surface area contributed by atoms with Gasteiger partial charge in [0, 0.05) is 0 Å². The summed E-state index contributed by atoms with van der Waals surface area (Å²) in [4.78, 5) is 0. The van der Waals surface area contributed by atoms with Gasteiger partial charge in [-0.2, -0.15) is 13.2 Å². The van der Waals surface area contributed by atoms with E-state index in [1.165, 1.54) is 12.1 Å². The first kappa shape index (κ1) is 14.4. The van der Waals surface area contributed by atoms with E-state index in [0.29, 0.717) is 5.75 Å². The van der Waals surface area contributed by atoms with Crippen LogP contribution in [0.15, 0.2) is 42.5 Å². The van der Waals surface area contributed by atoms with Crippen molar-refractivity contribution in [2.75, 3.05) is 0 Å². The number of rotatable bonds is 3. The zero-order chi connectivity index (χ0) is 14.8. The van der Waals surface area contributed by atoms with E-state index in [0.717, 1.165) is 11.6 Å². The van der Waals surface area contributed by atoms with Crippen LogP contribution in [0.3, 0.4) is 0 Å². The molecule has 0 bridgehead atoms. The molecule has 0 fully saturated rings. The van der Waals surface area contributed by atoms with Gasteiger partial charge in [-0.1, -0.05) is 23.8 Å². The third-order valence-electron chi connectivity index (χ3n) is 2.78. The van der Waals surface area contributed by atoms with Crippen molar-refractivity contribution in [3.63, 3.8) is 0 Å². The van der Waals surface area contributed by atoms with E-state index < -0.39 is 18.3 Å². The standard InChI is InChI=1S/C15H13F3O2/c1-10-2-5-12(6-3-10)20-14-7-4-11(9-19)8-13(14)15(16,17)18/h2-8,19H,9H2,1H3. The molecule has 5 heteroatoms. The average molecular weight is 282 g/mol. The van der Waals surface area contributed by atoms with Crippen molar-refractivity contribution in [3.05, 3.63) is 59.2 Å². The number of aryl methyl sites for hydroxylation is 1. The van der Waals surface area contributed by atoms with E-state index in [1.54, 1.807) is 24.3 Å². The number of hydrogen-bond acceptors (Lipinski definition) is 2. The first-order valence-corrected chi connectivity index (χ1v) is 5.95. The van der Waals surface area contributed by atoms with Gasteiger partial charge in [0.25, 0.3) is 0 Å². The lowest BCUT2D eigenvalue weighted by Gasteiger charge is -2.14. The molecule has 0 aliphatic heterocycles. The predicted octanol–water partition coefficient (Wildman–Crippen LogP) is 4.30. The Balaban J connectivity index is 2.38. The van der Waals surface area contributed by atoms with Crippen molar-refractivity contribution in [1.82, 2.24) is 0 Å². The Morgan fingerprint density at radius 1 is 1.05 bits per heavy atom. The normalized spacial score (nSPS) is 11.4. The summed E-state index contributed by atoms with van der Waals surface area (Å²) in [6, 6.07) is 10.2. The highest BCUT2D eigenvalue weighted by atomic mass is 19.4. The van der Waals surface area contributed by atoms with Crippen molar-refractivity contribution < 1.29 is 23.0 Å². The van der Waals surface area contributed by atoms with Crippen molar-refractivity contribution in [2.24, 2.45) is 0 Å². The zero-order valence-corrected chi connectivity index (χ0v) is 10.7. The monoisotopic (exact) mass is 282 g/mol. The number of halogens is 3. The molecule has 0 heterocycles. The number of hydrogen-bond donors (Lipinski definition) is 1. The number of benzene rings is 2. The maximum Gasteiger partial charge on any atom is 0.419 e. The first-order chi connectivity index (χ1) is 9.40. The number of alkyl halides is 3. The topological polar surface area (TPSA) is 29.5 Å².